The number of aryl methyl sites for hydroxylation is 2. The molecule has 0 fully saturated rings. The third-order valence-electron chi connectivity index (χ3n) is 5.31. The lowest BCUT2D eigenvalue weighted by Crippen LogP contribution is -2.29. The third-order valence-corrected chi connectivity index (χ3v) is 5.31. The molecule has 0 saturated carbocycles. The maximum Gasteiger partial charge on any atom is 0.414 e. The Hall–Kier alpha value is -4.28. The zero-order chi connectivity index (χ0) is 25.4. The second-order valence-electron chi connectivity index (χ2n) is 8.31. The van der Waals surface area contributed by atoms with Crippen molar-refractivity contribution in [3.63, 3.8) is 0 Å². The first-order valence-electron chi connectivity index (χ1n) is 10.9. The number of carbonyl (C=O) groups is 2. The average Bonchev–Trinajstić information content (AvgIpc) is 3.38. The van der Waals surface area contributed by atoms with Gasteiger partial charge in [-0.3, -0.25) is 14.1 Å². The van der Waals surface area contributed by atoms with Gasteiger partial charge in [0.05, 0.1) is 29.4 Å². The summed E-state index contributed by atoms with van der Waals surface area (Å²) in [5.74, 6) is -0.0867. The molecule has 4 rings (SSSR count). The number of amides is 2. The van der Waals surface area contributed by atoms with Crippen LogP contribution < -0.4 is 9.80 Å². The summed E-state index contributed by atoms with van der Waals surface area (Å²) in [6, 6.07) is 4.29. The highest BCUT2D eigenvalue weighted by Gasteiger charge is 2.23. The van der Waals surface area contributed by atoms with Gasteiger partial charge in [-0.15, -0.1) is 0 Å². The van der Waals surface area contributed by atoms with Crippen molar-refractivity contribution in [2.45, 2.75) is 33.8 Å². The summed E-state index contributed by atoms with van der Waals surface area (Å²) in [7, 11) is 3.14. The Labute approximate surface area is 201 Å². The number of benzene rings is 1. The van der Waals surface area contributed by atoms with Crippen molar-refractivity contribution in [2.24, 2.45) is 0 Å². The van der Waals surface area contributed by atoms with E-state index >= 15 is 0 Å². The molecule has 11 heteroatoms. The van der Waals surface area contributed by atoms with E-state index in [0.717, 1.165) is 0 Å². The van der Waals surface area contributed by atoms with Crippen LogP contribution in [0.5, 0.6) is 0 Å². The van der Waals surface area contributed by atoms with Gasteiger partial charge in [0.25, 0.3) is 5.91 Å². The lowest BCUT2D eigenvalue weighted by molar-refractivity contribution is 0.0964. The van der Waals surface area contributed by atoms with E-state index in [1.54, 1.807) is 58.6 Å². The monoisotopic (exact) mass is 480 g/mol. The molecule has 3 heterocycles. The molecule has 0 aliphatic rings. The molecule has 0 atom stereocenters. The van der Waals surface area contributed by atoms with Gasteiger partial charge in [0, 0.05) is 44.7 Å². The normalized spacial score (nSPS) is 11.2. The Bertz CT molecular complexity index is 1430. The van der Waals surface area contributed by atoms with E-state index in [1.807, 2.05) is 0 Å². The van der Waals surface area contributed by atoms with Crippen molar-refractivity contribution >= 4 is 29.2 Å². The minimum atomic E-state index is -0.523. The average molecular weight is 481 g/mol. The fourth-order valence-corrected chi connectivity index (χ4v) is 3.48. The van der Waals surface area contributed by atoms with Crippen LogP contribution in [0.3, 0.4) is 0 Å². The highest BCUT2D eigenvalue weighted by molar-refractivity contribution is 6.04. The van der Waals surface area contributed by atoms with Gasteiger partial charge in [0.15, 0.2) is 5.89 Å². The number of aromatic nitrogens is 4. The zero-order valence-electron chi connectivity index (χ0n) is 20.2. The zero-order valence-corrected chi connectivity index (χ0v) is 20.2. The standard InChI is InChI=1S/C24H25FN6O4/c1-13(2)34-24(33)30(6)17-10-26-23-28-20(12-31(23)11-17)18-9-16(7-8-19(18)25)29(5)22(32)21-14(3)27-15(4)35-21/h7-13H,1-6H3. The summed E-state index contributed by atoms with van der Waals surface area (Å²) in [4.78, 5) is 40.6. The highest BCUT2D eigenvalue weighted by Crippen LogP contribution is 2.28. The smallest absolute Gasteiger partial charge is 0.414 e. The quantitative estimate of drug-likeness (QED) is 0.417. The van der Waals surface area contributed by atoms with Crippen LogP contribution in [0, 0.1) is 19.7 Å². The number of rotatable bonds is 5. The van der Waals surface area contributed by atoms with Crippen LogP contribution in [-0.4, -0.2) is 51.6 Å². The maximum absolute atomic E-state index is 14.8. The lowest BCUT2D eigenvalue weighted by Gasteiger charge is -2.18. The molecule has 182 valence electrons. The molecule has 0 unspecified atom stereocenters. The molecule has 0 saturated heterocycles. The van der Waals surface area contributed by atoms with Crippen LogP contribution in [0.4, 0.5) is 20.6 Å². The fourth-order valence-electron chi connectivity index (χ4n) is 3.48. The first-order chi connectivity index (χ1) is 16.5. The Kier molecular flexibility index (Phi) is 6.25. The van der Waals surface area contributed by atoms with Crippen molar-refractivity contribution in [3.05, 3.63) is 60.0 Å². The van der Waals surface area contributed by atoms with Gasteiger partial charge >= 0.3 is 6.09 Å². The summed E-state index contributed by atoms with van der Waals surface area (Å²) in [5, 5.41) is 0. The van der Waals surface area contributed by atoms with E-state index in [-0.39, 0.29) is 17.4 Å². The number of imidazole rings is 1. The van der Waals surface area contributed by atoms with Gasteiger partial charge in [-0.25, -0.2) is 24.1 Å². The van der Waals surface area contributed by atoms with E-state index in [0.29, 0.717) is 34.4 Å². The molecular weight excluding hydrogens is 455 g/mol. The number of hydrogen-bond donors (Lipinski definition) is 0. The first kappa shape index (κ1) is 23.9. The molecule has 0 bridgehead atoms. The molecule has 0 radical (unpaired) electrons. The molecule has 3 aromatic heterocycles. The molecule has 2 amide bonds. The number of nitrogens with zero attached hydrogens (tertiary/aromatic N) is 6. The number of oxazole rings is 1. The molecule has 0 N–H and O–H groups in total. The summed E-state index contributed by atoms with van der Waals surface area (Å²) in [6.07, 6.45) is 3.94. The van der Waals surface area contributed by atoms with Crippen LogP contribution in [-0.2, 0) is 4.74 Å². The molecule has 35 heavy (non-hydrogen) atoms. The van der Waals surface area contributed by atoms with Crippen molar-refractivity contribution in [1.82, 2.24) is 19.4 Å². The van der Waals surface area contributed by atoms with Crippen LogP contribution in [0.1, 0.15) is 36.0 Å². The largest absolute Gasteiger partial charge is 0.446 e. The summed E-state index contributed by atoms with van der Waals surface area (Å²) in [5.41, 5.74) is 1.90. The Balaban J connectivity index is 1.65. The second kappa shape index (κ2) is 9.16. The van der Waals surface area contributed by atoms with Crippen LogP contribution in [0.2, 0.25) is 0 Å². The van der Waals surface area contributed by atoms with Gasteiger partial charge in [-0.2, -0.15) is 0 Å². The van der Waals surface area contributed by atoms with Crippen LogP contribution in [0.25, 0.3) is 17.0 Å². The number of carbonyl (C=O) groups excluding carboxylic acids is 2. The first-order valence-corrected chi connectivity index (χ1v) is 10.9. The molecule has 1 aromatic carbocycles. The topological polar surface area (TPSA) is 106 Å². The Morgan fingerprint density at radius 1 is 1.09 bits per heavy atom. The molecule has 0 aliphatic heterocycles. The van der Waals surface area contributed by atoms with E-state index in [2.05, 4.69) is 15.0 Å². The van der Waals surface area contributed by atoms with E-state index in [1.165, 1.54) is 34.2 Å². The molecule has 10 nitrogen and oxygen atoms in total. The predicted octanol–water partition coefficient (Wildman–Crippen LogP) is 4.40. The lowest BCUT2D eigenvalue weighted by atomic mass is 10.1. The predicted molar refractivity (Wildman–Crippen MR) is 127 cm³/mol. The summed E-state index contributed by atoms with van der Waals surface area (Å²) < 4.78 is 27.0. The van der Waals surface area contributed by atoms with Crippen molar-refractivity contribution in [2.75, 3.05) is 23.9 Å². The van der Waals surface area contributed by atoms with E-state index in [4.69, 9.17) is 9.15 Å². The van der Waals surface area contributed by atoms with Crippen molar-refractivity contribution < 1.29 is 23.1 Å². The summed E-state index contributed by atoms with van der Waals surface area (Å²) in [6.45, 7) is 6.87. The van der Waals surface area contributed by atoms with Gasteiger partial charge in [-0.1, -0.05) is 0 Å². The third kappa shape index (κ3) is 4.70. The van der Waals surface area contributed by atoms with Crippen molar-refractivity contribution in [3.8, 4) is 11.3 Å². The maximum atomic E-state index is 14.8. The van der Waals surface area contributed by atoms with Gasteiger partial charge in [0.2, 0.25) is 11.5 Å². The number of anilines is 2. The van der Waals surface area contributed by atoms with Crippen LogP contribution in [0.15, 0.2) is 41.2 Å². The van der Waals surface area contributed by atoms with E-state index in [9.17, 15) is 14.0 Å². The Morgan fingerprint density at radius 3 is 2.49 bits per heavy atom. The molecule has 0 aliphatic carbocycles. The summed E-state index contributed by atoms with van der Waals surface area (Å²) >= 11 is 0. The molecular formula is C24H25FN6O4. The van der Waals surface area contributed by atoms with Gasteiger partial charge in [-0.05, 0) is 39.0 Å². The minimum absolute atomic E-state index is 0.125. The van der Waals surface area contributed by atoms with Gasteiger partial charge in [0.1, 0.15) is 5.82 Å². The van der Waals surface area contributed by atoms with Crippen molar-refractivity contribution in [1.29, 1.82) is 0 Å². The van der Waals surface area contributed by atoms with Crippen LogP contribution >= 0.6 is 0 Å². The fraction of sp³-hybridized carbons (Fsp3) is 0.292. The minimum Gasteiger partial charge on any atom is -0.446 e. The number of hydrogen-bond acceptors (Lipinski definition) is 7. The van der Waals surface area contributed by atoms with E-state index < -0.39 is 17.8 Å². The number of halogens is 1. The second-order valence-corrected chi connectivity index (χ2v) is 8.31. The molecule has 4 aromatic rings. The number of ether oxygens (including phenoxy) is 1. The molecule has 0 spiro atoms. The van der Waals surface area contributed by atoms with Gasteiger partial charge < -0.3 is 14.1 Å². The highest BCUT2D eigenvalue weighted by atomic mass is 19.1. The number of fused-ring (bicyclic) bond motifs is 1. The SMILES string of the molecule is Cc1nc(C)c(C(=O)N(C)c2ccc(F)c(-c3cn4cc(N(C)C(=O)OC(C)C)cnc4n3)c2)o1. The Morgan fingerprint density at radius 2 is 1.83 bits per heavy atom.